The molecule has 0 saturated heterocycles. The predicted molar refractivity (Wildman–Crippen MR) is 79.6 cm³/mol. The van der Waals surface area contributed by atoms with Crippen LogP contribution in [-0.2, 0) is 0 Å². The van der Waals surface area contributed by atoms with Gasteiger partial charge in [0.05, 0.1) is 12.8 Å². The molecule has 0 bridgehead atoms. The number of imidazole rings is 1. The van der Waals surface area contributed by atoms with E-state index >= 15 is 0 Å². The predicted octanol–water partition coefficient (Wildman–Crippen LogP) is 4.08. The Kier molecular flexibility index (Phi) is 3.03. The summed E-state index contributed by atoms with van der Waals surface area (Å²) in [7, 11) is 1.68. The van der Waals surface area contributed by atoms with Crippen LogP contribution in [-0.4, -0.2) is 16.5 Å². The highest BCUT2D eigenvalue weighted by Gasteiger charge is 2.10. The molecule has 96 valence electrons. The average Bonchev–Trinajstić information content (AvgIpc) is 2.82. The molecule has 19 heavy (non-hydrogen) atoms. The highest BCUT2D eigenvalue weighted by Crippen LogP contribution is 2.29. The van der Waals surface area contributed by atoms with E-state index in [1.165, 1.54) is 5.56 Å². The number of rotatable bonds is 2. The molecule has 0 fully saturated rings. The number of aryl methyl sites for hydroxylation is 1. The molecule has 1 aromatic carbocycles. The summed E-state index contributed by atoms with van der Waals surface area (Å²) >= 11 is 3.54. The number of pyridine rings is 1. The van der Waals surface area contributed by atoms with Crippen LogP contribution in [0.3, 0.4) is 0 Å². The van der Waals surface area contributed by atoms with Gasteiger partial charge in [0.2, 0.25) is 0 Å². The number of fused-ring (bicyclic) bond motifs is 1. The zero-order valence-electron chi connectivity index (χ0n) is 10.7. The maximum Gasteiger partial charge on any atom is 0.137 e. The van der Waals surface area contributed by atoms with E-state index < -0.39 is 0 Å². The number of benzene rings is 1. The van der Waals surface area contributed by atoms with Crippen LogP contribution in [0, 0.1) is 6.92 Å². The zero-order valence-corrected chi connectivity index (χ0v) is 12.3. The lowest BCUT2D eigenvalue weighted by atomic mass is 10.1. The normalized spacial score (nSPS) is 10.9. The van der Waals surface area contributed by atoms with Crippen LogP contribution in [0.5, 0.6) is 5.75 Å². The summed E-state index contributed by atoms with van der Waals surface area (Å²) in [5.41, 5.74) is 4.02. The molecule has 0 unspecified atom stereocenters. The molecule has 2 aromatic heterocycles. The maximum absolute atomic E-state index is 5.38. The summed E-state index contributed by atoms with van der Waals surface area (Å²) in [5.74, 6) is 0.835. The summed E-state index contributed by atoms with van der Waals surface area (Å²) in [6, 6.07) is 9.97. The van der Waals surface area contributed by atoms with Crippen LogP contribution in [0.15, 0.2) is 47.2 Å². The van der Waals surface area contributed by atoms with Crippen molar-refractivity contribution in [3.63, 3.8) is 0 Å². The lowest BCUT2D eigenvalue weighted by Gasteiger charge is -2.04. The van der Waals surface area contributed by atoms with E-state index in [-0.39, 0.29) is 0 Å². The number of halogens is 1. The van der Waals surface area contributed by atoms with Gasteiger partial charge in [0.1, 0.15) is 11.4 Å². The topological polar surface area (TPSA) is 26.5 Å². The van der Waals surface area contributed by atoms with Crippen molar-refractivity contribution in [1.29, 1.82) is 0 Å². The first-order chi connectivity index (χ1) is 9.19. The van der Waals surface area contributed by atoms with Crippen molar-refractivity contribution in [3.8, 4) is 17.0 Å². The number of aromatic nitrogens is 2. The third kappa shape index (κ3) is 2.12. The van der Waals surface area contributed by atoms with E-state index in [1.54, 1.807) is 7.11 Å². The summed E-state index contributed by atoms with van der Waals surface area (Å²) < 4.78 is 8.47. The summed E-state index contributed by atoms with van der Waals surface area (Å²) in [6.07, 6.45) is 4.04. The molecule has 3 nitrogen and oxygen atoms in total. The molecule has 3 rings (SSSR count). The van der Waals surface area contributed by atoms with Gasteiger partial charge >= 0.3 is 0 Å². The number of ether oxygens (including phenoxy) is 1. The second-order valence-corrected chi connectivity index (χ2v) is 5.25. The molecule has 4 heteroatoms. The fraction of sp³-hybridized carbons (Fsp3) is 0.133. The maximum atomic E-state index is 5.38. The van der Waals surface area contributed by atoms with Crippen molar-refractivity contribution in [2.45, 2.75) is 6.92 Å². The van der Waals surface area contributed by atoms with Gasteiger partial charge in [-0.05, 0) is 46.6 Å². The molecule has 0 N–H and O–H groups in total. The summed E-state index contributed by atoms with van der Waals surface area (Å²) in [4.78, 5) is 4.66. The number of nitrogens with zero attached hydrogens (tertiary/aromatic N) is 2. The number of hydrogen-bond acceptors (Lipinski definition) is 2. The van der Waals surface area contributed by atoms with Gasteiger partial charge in [-0.2, -0.15) is 0 Å². The molecule has 0 aliphatic rings. The molecule has 0 atom stereocenters. The monoisotopic (exact) mass is 316 g/mol. The largest absolute Gasteiger partial charge is 0.496 e. The van der Waals surface area contributed by atoms with E-state index in [2.05, 4.69) is 33.9 Å². The third-order valence-electron chi connectivity index (χ3n) is 3.12. The van der Waals surface area contributed by atoms with Gasteiger partial charge in [-0.3, -0.25) is 0 Å². The fourth-order valence-electron chi connectivity index (χ4n) is 2.09. The molecule has 0 amide bonds. The van der Waals surface area contributed by atoms with Crippen LogP contribution < -0.4 is 4.74 Å². The fourth-order valence-corrected chi connectivity index (χ4v) is 2.43. The SMILES string of the molecule is COc1ccccc1-c1cn2cc(Br)c(C)cc2n1. The Hall–Kier alpha value is -1.81. The van der Waals surface area contributed by atoms with Crippen molar-refractivity contribution in [1.82, 2.24) is 9.38 Å². The minimum absolute atomic E-state index is 0.835. The third-order valence-corrected chi connectivity index (χ3v) is 3.95. The van der Waals surface area contributed by atoms with E-state index in [4.69, 9.17) is 4.74 Å². The van der Waals surface area contributed by atoms with Crippen molar-refractivity contribution in [3.05, 3.63) is 52.8 Å². The van der Waals surface area contributed by atoms with Gasteiger partial charge < -0.3 is 9.14 Å². The van der Waals surface area contributed by atoms with E-state index in [0.717, 1.165) is 27.1 Å². The van der Waals surface area contributed by atoms with Gasteiger partial charge in [0, 0.05) is 22.4 Å². The first-order valence-electron chi connectivity index (χ1n) is 5.97. The second kappa shape index (κ2) is 4.70. The van der Waals surface area contributed by atoms with Gasteiger partial charge in [-0.1, -0.05) is 12.1 Å². The minimum atomic E-state index is 0.835. The Bertz CT molecular complexity index is 710. The first kappa shape index (κ1) is 12.2. The number of methoxy groups -OCH3 is 1. The van der Waals surface area contributed by atoms with Crippen molar-refractivity contribution in [2.75, 3.05) is 7.11 Å². The molecular weight excluding hydrogens is 304 g/mol. The van der Waals surface area contributed by atoms with Crippen LogP contribution >= 0.6 is 15.9 Å². The van der Waals surface area contributed by atoms with Gasteiger partial charge in [0.15, 0.2) is 0 Å². The molecule has 2 heterocycles. The zero-order chi connectivity index (χ0) is 13.4. The lowest BCUT2D eigenvalue weighted by molar-refractivity contribution is 0.416. The summed E-state index contributed by atoms with van der Waals surface area (Å²) in [6.45, 7) is 2.06. The van der Waals surface area contributed by atoms with Gasteiger partial charge in [-0.25, -0.2) is 4.98 Å². The summed E-state index contributed by atoms with van der Waals surface area (Å²) in [5, 5.41) is 0. The smallest absolute Gasteiger partial charge is 0.137 e. The standard InChI is InChI=1S/C15H13BrN2O/c1-10-7-15-17-13(9-18(15)8-12(10)16)11-5-3-4-6-14(11)19-2/h3-9H,1-2H3. The lowest BCUT2D eigenvalue weighted by Crippen LogP contribution is -1.86. The highest BCUT2D eigenvalue weighted by atomic mass is 79.9. The minimum Gasteiger partial charge on any atom is -0.496 e. The van der Waals surface area contributed by atoms with Crippen molar-refractivity contribution >= 4 is 21.6 Å². The molecule has 3 aromatic rings. The van der Waals surface area contributed by atoms with Crippen LogP contribution in [0.4, 0.5) is 0 Å². The van der Waals surface area contributed by atoms with Crippen LogP contribution in [0.2, 0.25) is 0 Å². The first-order valence-corrected chi connectivity index (χ1v) is 6.76. The van der Waals surface area contributed by atoms with E-state index in [0.29, 0.717) is 0 Å². The Morgan fingerprint density at radius 1 is 1.21 bits per heavy atom. The number of hydrogen-bond donors (Lipinski definition) is 0. The molecule has 0 aliphatic carbocycles. The quantitative estimate of drug-likeness (QED) is 0.712. The number of para-hydroxylation sites is 1. The molecule has 0 aliphatic heterocycles. The van der Waals surface area contributed by atoms with Crippen LogP contribution in [0.1, 0.15) is 5.56 Å². The van der Waals surface area contributed by atoms with Crippen LogP contribution in [0.25, 0.3) is 16.9 Å². The molecular formula is C15H13BrN2O. The van der Waals surface area contributed by atoms with Gasteiger partial charge in [-0.15, -0.1) is 0 Å². The van der Waals surface area contributed by atoms with E-state index in [1.807, 2.05) is 41.1 Å². The second-order valence-electron chi connectivity index (χ2n) is 4.40. The van der Waals surface area contributed by atoms with Crippen molar-refractivity contribution < 1.29 is 4.74 Å². The molecule has 0 spiro atoms. The Morgan fingerprint density at radius 2 is 2.00 bits per heavy atom. The van der Waals surface area contributed by atoms with Gasteiger partial charge in [0.25, 0.3) is 0 Å². The Morgan fingerprint density at radius 3 is 2.79 bits per heavy atom. The highest BCUT2D eigenvalue weighted by molar-refractivity contribution is 9.10. The van der Waals surface area contributed by atoms with Crippen molar-refractivity contribution in [2.24, 2.45) is 0 Å². The molecule has 0 radical (unpaired) electrons. The molecule has 0 saturated carbocycles. The Labute approximate surface area is 120 Å². The van der Waals surface area contributed by atoms with E-state index in [9.17, 15) is 0 Å². The Balaban J connectivity index is 2.20. The average molecular weight is 317 g/mol.